The summed E-state index contributed by atoms with van der Waals surface area (Å²) in [5, 5.41) is 1.23. The van der Waals surface area contributed by atoms with Crippen molar-refractivity contribution in [2.45, 2.75) is 20.4 Å². The minimum absolute atomic E-state index is 0.0636. The maximum absolute atomic E-state index is 12.4. The van der Waals surface area contributed by atoms with Gasteiger partial charge in [0.15, 0.2) is 0 Å². The molecule has 118 valence electrons. The van der Waals surface area contributed by atoms with Crippen LogP contribution in [-0.2, 0) is 6.54 Å². The number of hydrogen-bond donors (Lipinski definition) is 0. The maximum Gasteiger partial charge on any atom is 0.261 e. The van der Waals surface area contributed by atoms with E-state index in [4.69, 9.17) is 16.3 Å². The third-order valence-corrected chi connectivity index (χ3v) is 4.27. The van der Waals surface area contributed by atoms with E-state index in [-0.39, 0.29) is 5.56 Å². The Morgan fingerprint density at radius 1 is 1.13 bits per heavy atom. The van der Waals surface area contributed by atoms with Crippen LogP contribution in [0.3, 0.4) is 0 Å². The summed E-state index contributed by atoms with van der Waals surface area (Å²) in [7, 11) is 0. The SMILES string of the molecule is Cc1ccc(C)c(OCCn2cnc3ccccc3c2=O)c1Cl. The Balaban J connectivity index is 1.79. The van der Waals surface area contributed by atoms with Gasteiger partial charge >= 0.3 is 0 Å². The first-order valence-electron chi connectivity index (χ1n) is 7.40. The molecule has 0 radical (unpaired) electrons. The number of benzene rings is 2. The highest BCUT2D eigenvalue weighted by Gasteiger charge is 2.09. The maximum atomic E-state index is 12.4. The van der Waals surface area contributed by atoms with Crippen molar-refractivity contribution in [2.24, 2.45) is 0 Å². The third kappa shape index (κ3) is 3.08. The summed E-state index contributed by atoms with van der Waals surface area (Å²) in [5.74, 6) is 0.675. The van der Waals surface area contributed by atoms with Crippen LogP contribution in [0.15, 0.2) is 47.5 Å². The predicted octanol–water partition coefficient (Wildman–Crippen LogP) is 3.75. The van der Waals surface area contributed by atoms with Crippen molar-refractivity contribution in [3.63, 3.8) is 0 Å². The minimum Gasteiger partial charge on any atom is -0.490 e. The zero-order valence-corrected chi connectivity index (χ0v) is 13.8. The molecule has 0 atom stereocenters. The predicted molar refractivity (Wildman–Crippen MR) is 92.4 cm³/mol. The fourth-order valence-electron chi connectivity index (χ4n) is 2.44. The average Bonchev–Trinajstić information content (AvgIpc) is 2.56. The molecule has 0 amide bonds. The number of para-hydroxylation sites is 1. The largest absolute Gasteiger partial charge is 0.490 e. The Kier molecular flexibility index (Phi) is 4.35. The van der Waals surface area contributed by atoms with Crippen LogP contribution in [0.25, 0.3) is 10.9 Å². The van der Waals surface area contributed by atoms with Crippen molar-refractivity contribution >= 4 is 22.5 Å². The van der Waals surface area contributed by atoms with Crippen LogP contribution in [-0.4, -0.2) is 16.2 Å². The third-order valence-electron chi connectivity index (χ3n) is 3.80. The molecule has 3 rings (SSSR count). The highest BCUT2D eigenvalue weighted by Crippen LogP contribution is 2.31. The van der Waals surface area contributed by atoms with Crippen LogP contribution in [0.4, 0.5) is 0 Å². The molecule has 0 bridgehead atoms. The number of fused-ring (bicyclic) bond motifs is 1. The first-order chi connectivity index (χ1) is 11.1. The van der Waals surface area contributed by atoms with Gasteiger partial charge in [0.25, 0.3) is 5.56 Å². The van der Waals surface area contributed by atoms with E-state index in [2.05, 4.69) is 4.98 Å². The second-order valence-corrected chi connectivity index (χ2v) is 5.83. The van der Waals surface area contributed by atoms with E-state index < -0.39 is 0 Å². The number of rotatable bonds is 4. The van der Waals surface area contributed by atoms with Gasteiger partial charge in [0.1, 0.15) is 12.4 Å². The van der Waals surface area contributed by atoms with Gasteiger partial charge in [-0.2, -0.15) is 0 Å². The fraction of sp³-hybridized carbons (Fsp3) is 0.222. The summed E-state index contributed by atoms with van der Waals surface area (Å²) < 4.78 is 7.36. The molecule has 0 saturated heterocycles. The van der Waals surface area contributed by atoms with Gasteiger partial charge in [-0.15, -0.1) is 0 Å². The van der Waals surface area contributed by atoms with E-state index in [0.29, 0.717) is 34.8 Å². The number of aryl methyl sites for hydroxylation is 2. The second kappa shape index (κ2) is 6.42. The smallest absolute Gasteiger partial charge is 0.261 e. The molecule has 23 heavy (non-hydrogen) atoms. The molecule has 0 aliphatic heterocycles. The van der Waals surface area contributed by atoms with Gasteiger partial charge in [0.05, 0.1) is 28.8 Å². The van der Waals surface area contributed by atoms with Crippen LogP contribution in [0, 0.1) is 13.8 Å². The van der Waals surface area contributed by atoms with Gasteiger partial charge in [-0.05, 0) is 37.1 Å². The zero-order chi connectivity index (χ0) is 16.4. The molecule has 4 nitrogen and oxygen atoms in total. The zero-order valence-electron chi connectivity index (χ0n) is 13.0. The molecule has 0 aliphatic rings. The molecule has 5 heteroatoms. The van der Waals surface area contributed by atoms with Crippen molar-refractivity contribution in [1.29, 1.82) is 0 Å². The molecule has 0 fully saturated rings. The Labute approximate surface area is 139 Å². The molecule has 1 aromatic heterocycles. The Morgan fingerprint density at radius 2 is 1.87 bits per heavy atom. The van der Waals surface area contributed by atoms with Gasteiger partial charge < -0.3 is 4.74 Å². The molecule has 0 aliphatic carbocycles. The standard InChI is InChI=1S/C18H17ClN2O2/c1-12-7-8-13(2)17(16(12)19)23-10-9-21-11-20-15-6-4-3-5-14(15)18(21)22/h3-8,11H,9-10H2,1-2H3. The Hall–Kier alpha value is -2.33. The molecular formula is C18H17ClN2O2. The van der Waals surface area contributed by atoms with E-state index >= 15 is 0 Å². The highest BCUT2D eigenvalue weighted by molar-refractivity contribution is 6.32. The molecule has 0 saturated carbocycles. The molecular weight excluding hydrogens is 312 g/mol. The van der Waals surface area contributed by atoms with Gasteiger partial charge in [0.2, 0.25) is 0 Å². The monoisotopic (exact) mass is 328 g/mol. The van der Waals surface area contributed by atoms with Crippen LogP contribution >= 0.6 is 11.6 Å². The number of aromatic nitrogens is 2. The van der Waals surface area contributed by atoms with E-state index in [1.807, 2.05) is 44.2 Å². The summed E-state index contributed by atoms with van der Waals surface area (Å²) >= 11 is 6.28. The molecule has 3 aromatic rings. The summed E-state index contributed by atoms with van der Waals surface area (Å²) in [6.45, 7) is 4.65. The number of nitrogens with zero attached hydrogens (tertiary/aromatic N) is 2. The highest BCUT2D eigenvalue weighted by atomic mass is 35.5. The quantitative estimate of drug-likeness (QED) is 0.732. The summed E-state index contributed by atoms with van der Waals surface area (Å²) in [6.07, 6.45) is 1.55. The summed E-state index contributed by atoms with van der Waals surface area (Å²) in [5.41, 5.74) is 2.58. The molecule has 0 N–H and O–H groups in total. The molecule has 1 heterocycles. The lowest BCUT2D eigenvalue weighted by Crippen LogP contribution is -2.23. The van der Waals surface area contributed by atoms with Crippen LogP contribution < -0.4 is 10.3 Å². The van der Waals surface area contributed by atoms with Crippen LogP contribution in [0.5, 0.6) is 5.75 Å². The van der Waals surface area contributed by atoms with Crippen LogP contribution in [0.1, 0.15) is 11.1 Å². The summed E-state index contributed by atoms with van der Waals surface area (Å²) in [6, 6.07) is 11.2. The normalized spacial score (nSPS) is 10.9. The van der Waals surface area contributed by atoms with Gasteiger partial charge in [-0.3, -0.25) is 9.36 Å². The van der Waals surface area contributed by atoms with Crippen LogP contribution in [0.2, 0.25) is 5.02 Å². The van der Waals surface area contributed by atoms with Gasteiger partial charge in [-0.25, -0.2) is 4.98 Å². The number of ether oxygens (including phenoxy) is 1. The molecule has 0 spiro atoms. The summed E-state index contributed by atoms with van der Waals surface area (Å²) in [4.78, 5) is 16.7. The van der Waals surface area contributed by atoms with Gasteiger partial charge in [-0.1, -0.05) is 35.9 Å². The van der Waals surface area contributed by atoms with Crippen molar-refractivity contribution < 1.29 is 4.74 Å². The van der Waals surface area contributed by atoms with E-state index in [9.17, 15) is 4.79 Å². The number of halogens is 1. The average molecular weight is 329 g/mol. The van der Waals surface area contributed by atoms with E-state index in [1.165, 1.54) is 0 Å². The Morgan fingerprint density at radius 3 is 2.70 bits per heavy atom. The first kappa shape index (κ1) is 15.6. The van der Waals surface area contributed by atoms with Crippen molar-refractivity contribution in [3.05, 3.63) is 69.2 Å². The lowest BCUT2D eigenvalue weighted by Gasteiger charge is -2.13. The van der Waals surface area contributed by atoms with Crippen molar-refractivity contribution in [2.75, 3.05) is 6.61 Å². The number of hydrogen-bond acceptors (Lipinski definition) is 3. The first-order valence-corrected chi connectivity index (χ1v) is 7.78. The van der Waals surface area contributed by atoms with Gasteiger partial charge in [0, 0.05) is 0 Å². The molecule has 0 unspecified atom stereocenters. The van der Waals surface area contributed by atoms with Crippen molar-refractivity contribution in [1.82, 2.24) is 9.55 Å². The van der Waals surface area contributed by atoms with E-state index in [0.717, 1.165) is 11.1 Å². The lowest BCUT2D eigenvalue weighted by atomic mass is 10.1. The fourth-order valence-corrected chi connectivity index (χ4v) is 2.71. The Bertz CT molecular complexity index is 919. The van der Waals surface area contributed by atoms with Crippen molar-refractivity contribution in [3.8, 4) is 5.75 Å². The lowest BCUT2D eigenvalue weighted by molar-refractivity contribution is 0.294. The topological polar surface area (TPSA) is 44.1 Å². The van der Waals surface area contributed by atoms with E-state index in [1.54, 1.807) is 17.0 Å². The molecule has 2 aromatic carbocycles. The minimum atomic E-state index is -0.0636. The second-order valence-electron chi connectivity index (χ2n) is 5.45.